The molecule has 1 heterocycles. The van der Waals surface area contributed by atoms with Crippen molar-refractivity contribution in [3.63, 3.8) is 0 Å². The number of hydrogen-bond donors (Lipinski definition) is 0. The van der Waals surface area contributed by atoms with E-state index in [9.17, 15) is 22.8 Å². The van der Waals surface area contributed by atoms with Crippen LogP contribution in [0.5, 0.6) is 0 Å². The van der Waals surface area contributed by atoms with Crippen molar-refractivity contribution in [3.05, 3.63) is 70.1 Å². The second kappa shape index (κ2) is 7.23. The molecule has 0 spiro atoms. The summed E-state index contributed by atoms with van der Waals surface area (Å²) in [6.07, 6.45) is -4.48. The Hall–Kier alpha value is -2.54. The molecule has 1 aliphatic heterocycles. The van der Waals surface area contributed by atoms with E-state index in [1.165, 1.54) is 11.8 Å². The van der Waals surface area contributed by atoms with Crippen LogP contribution in [0, 0.1) is 6.92 Å². The summed E-state index contributed by atoms with van der Waals surface area (Å²) >= 11 is 1.25. The second-order valence-electron chi connectivity index (χ2n) is 5.99. The molecule has 3 rings (SSSR count). The Morgan fingerprint density at radius 3 is 2.04 bits per heavy atom. The molecule has 1 aliphatic rings. The van der Waals surface area contributed by atoms with E-state index in [-0.39, 0.29) is 11.3 Å². The Morgan fingerprint density at radius 1 is 0.926 bits per heavy atom. The lowest BCUT2D eigenvalue weighted by atomic mass is 10.0. The fourth-order valence-corrected chi connectivity index (χ4v) is 3.65. The summed E-state index contributed by atoms with van der Waals surface area (Å²) in [5.74, 6) is -0.452. The summed E-state index contributed by atoms with van der Waals surface area (Å²) in [4.78, 5) is 27.1. The SMILES string of the molecule is CCSC1=C(c2ccc(C)cc2)C(=O)N(c2ccc(C(F)(F)F)cc2)C1=O. The summed E-state index contributed by atoms with van der Waals surface area (Å²) in [5.41, 5.74) is 1.20. The van der Waals surface area contributed by atoms with Gasteiger partial charge in [0.15, 0.2) is 0 Å². The van der Waals surface area contributed by atoms with Crippen LogP contribution >= 0.6 is 11.8 Å². The highest BCUT2D eigenvalue weighted by atomic mass is 32.2. The molecular weight excluding hydrogens is 375 g/mol. The largest absolute Gasteiger partial charge is 0.416 e. The molecule has 2 aromatic carbocycles. The zero-order valence-corrected chi connectivity index (χ0v) is 15.4. The van der Waals surface area contributed by atoms with Gasteiger partial charge in [-0.15, -0.1) is 11.8 Å². The van der Waals surface area contributed by atoms with Gasteiger partial charge in [0.05, 0.1) is 21.7 Å². The molecule has 0 saturated carbocycles. The van der Waals surface area contributed by atoms with Crippen LogP contribution in [-0.4, -0.2) is 17.6 Å². The normalized spacial score (nSPS) is 15.1. The molecule has 2 amide bonds. The average Bonchev–Trinajstić information content (AvgIpc) is 2.86. The lowest BCUT2D eigenvalue weighted by Gasteiger charge is -2.16. The predicted octanol–water partition coefficient (Wildman–Crippen LogP) is 5.05. The summed E-state index contributed by atoms with van der Waals surface area (Å²) in [6.45, 7) is 3.78. The summed E-state index contributed by atoms with van der Waals surface area (Å²) in [5, 5.41) is 0. The number of nitrogens with zero attached hydrogens (tertiary/aromatic N) is 1. The molecule has 0 fully saturated rings. The van der Waals surface area contributed by atoms with Crippen molar-refractivity contribution < 1.29 is 22.8 Å². The third-order valence-electron chi connectivity index (χ3n) is 4.12. The zero-order chi connectivity index (χ0) is 19.8. The highest BCUT2D eigenvalue weighted by Gasteiger charge is 2.40. The quantitative estimate of drug-likeness (QED) is 0.685. The van der Waals surface area contributed by atoms with Crippen LogP contribution in [-0.2, 0) is 15.8 Å². The maximum atomic E-state index is 13.0. The number of carbonyl (C=O) groups is 2. The minimum Gasteiger partial charge on any atom is -0.268 e. The molecule has 140 valence electrons. The van der Waals surface area contributed by atoms with Gasteiger partial charge < -0.3 is 0 Å². The number of thioether (sulfide) groups is 1. The van der Waals surface area contributed by atoms with E-state index in [0.717, 1.165) is 34.7 Å². The molecular formula is C20H16F3NO2S. The Kier molecular flexibility index (Phi) is 5.15. The van der Waals surface area contributed by atoms with Gasteiger partial charge in [-0.25, -0.2) is 4.90 Å². The number of rotatable bonds is 4. The summed E-state index contributed by atoms with van der Waals surface area (Å²) in [6, 6.07) is 11.2. The first-order valence-corrected chi connectivity index (χ1v) is 9.22. The first kappa shape index (κ1) is 19.2. The maximum absolute atomic E-state index is 13.0. The van der Waals surface area contributed by atoms with E-state index in [1.807, 2.05) is 26.0 Å². The van der Waals surface area contributed by atoms with Crippen molar-refractivity contribution >= 4 is 34.8 Å². The van der Waals surface area contributed by atoms with Gasteiger partial charge in [0.2, 0.25) is 0 Å². The third-order valence-corrected chi connectivity index (χ3v) is 5.08. The molecule has 0 N–H and O–H groups in total. The molecule has 7 heteroatoms. The Bertz CT molecular complexity index is 916. The van der Waals surface area contributed by atoms with Crippen molar-refractivity contribution in [2.24, 2.45) is 0 Å². The monoisotopic (exact) mass is 391 g/mol. The van der Waals surface area contributed by atoms with Gasteiger partial charge in [-0.05, 0) is 42.5 Å². The molecule has 3 nitrogen and oxygen atoms in total. The van der Waals surface area contributed by atoms with E-state index >= 15 is 0 Å². The Morgan fingerprint density at radius 2 is 1.52 bits per heavy atom. The molecule has 0 bridgehead atoms. The van der Waals surface area contributed by atoms with Gasteiger partial charge in [-0.3, -0.25) is 9.59 Å². The maximum Gasteiger partial charge on any atom is 0.416 e. The van der Waals surface area contributed by atoms with Gasteiger partial charge in [-0.1, -0.05) is 36.8 Å². The number of anilines is 1. The molecule has 0 atom stereocenters. The van der Waals surface area contributed by atoms with Crippen molar-refractivity contribution in [3.8, 4) is 0 Å². The van der Waals surface area contributed by atoms with E-state index in [1.54, 1.807) is 12.1 Å². The predicted molar refractivity (Wildman–Crippen MR) is 100 cm³/mol. The first-order chi connectivity index (χ1) is 12.7. The molecule has 0 aromatic heterocycles. The van der Waals surface area contributed by atoms with E-state index in [0.29, 0.717) is 16.2 Å². The number of carbonyl (C=O) groups excluding carboxylic acids is 2. The van der Waals surface area contributed by atoms with E-state index < -0.39 is 23.6 Å². The van der Waals surface area contributed by atoms with Gasteiger partial charge in [0.1, 0.15) is 0 Å². The lowest BCUT2D eigenvalue weighted by molar-refractivity contribution is -0.137. The first-order valence-electron chi connectivity index (χ1n) is 8.24. The average molecular weight is 391 g/mol. The Labute approximate surface area is 158 Å². The van der Waals surface area contributed by atoms with Crippen molar-refractivity contribution in [1.82, 2.24) is 0 Å². The van der Waals surface area contributed by atoms with Crippen LogP contribution in [0.3, 0.4) is 0 Å². The number of amides is 2. The number of aryl methyl sites for hydroxylation is 1. The molecule has 0 radical (unpaired) electrons. The van der Waals surface area contributed by atoms with Crippen LogP contribution < -0.4 is 4.90 Å². The highest BCUT2D eigenvalue weighted by molar-refractivity contribution is 8.04. The van der Waals surface area contributed by atoms with Crippen LogP contribution in [0.1, 0.15) is 23.6 Å². The van der Waals surface area contributed by atoms with Crippen molar-refractivity contribution in [2.45, 2.75) is 20.0 Å². The van der Waals surface area contributed by atoms with Crippen LogP contribution in [0.4, 0.5) is 18.9 Å². The fourth-order valence-electron chi connectivity index (χ4n) is 2.80. The topological polar surface area (TPSA) is 37.4 Å². The van der Waals surface area contributed by atoms with Crippen molar-refractivity contribution in [2.75, 3.05) is 10.7 Å². The molecule has 2 aromatic rings. The van der Waals surface area contributed by atoms with Gasteiger partial charge in [-0.2, -0.15) is 13.2 Å². The number of halogens is 3. The van der Waals surface area contributed by atoms with E-state index in [2.05, 4.69) is 0 Å². The standard InChI is InChI=1S/C20H16F3NO2S/c1-3-27-17-16(13-6-4-12(2)5-7-13)18(25)24(19(17)26)15-10-8-14(9-11-15)20(21,22)23/h4-11H,3H2,1-2H3. The fraction of sp³-hybridized carbons (Fsp3) is 0.200. The number of imide groups is 1. The van der Waals surface area contributed by atoms with Crippen LogP contribution in [0.25, 0.3) is 5.57 Å². The van der Waals surface area contributed by atoms with Crippen LogP contribution in [0.2, 0.25) is 0 Å². The van der Waals surface area contributed by atoms with Gasteiger partial charge in [0.25, 0.3) is 11.8 Å². The zero-order valence-electron chi connectivity index (χ0n) is 14.6. The van der Waals surface area contributed by atoms with Gasteiger partial charge in [0, 0.05) is 0 Å². The third kappa shape index (κ3) is 3.64. The molecule has 0 saturated heterocycles. The molecule has 0 unspecified atom stereocenters. The van der Waals surface area contributed by atoms with Gasteiger partial charge >= 0.3 is 6.18 Å². The molecule has 0 aliphatic carbocycles. The minimum absolute atomic E-state index is 0.120. The molecule has 27 heavy (non-hydrogen) atoms. The second-order valence-corrected chi connectivity index (χ2v) is 7.27. The smallest absolute Gasteiger partial charge is 0.268 e. The van der Waals surface area contributed by atoms with Crippen molar-refractivity contribution in [1.29, 1.82) is 0 Å². The lowest BCUT2D eigenvalue weighted by Crippen LogP contribution is -2.31. The summed E-state index contributed by atoms with van der Waals surface area (Å²) in [7, 11) is 0. The van der Waals surface area contributed by atoms with Crippen LogP contribution in [0.15, 0.2) is 53.4 Å². The number of benzene rings is 2. The van der Waals surface area contributed by atoms with E-state index in [4.69, 9.17) is 0 Å². The number of hydrogen-bond acceptors (Lipinski definition) is 3. The minimum atomic E-state index is -4.48. The highest BCUT2D eigenvalue weighted by Crippen LogP contribution is 2.39. The number of alkyl halides is 3. The Balaban J connectivity index is 2.02. The summed E-state index contributed by atoms with van der Waals surface area (Å²) < 4.78 is 38.3.